The Labute approximate surface area is 67.9 Å². The van der Waals surface area contributed by atoms with E-state index in [0.29, 0.717) is 12.5 Å². The summed E-state index contributed by atoms with van der Waals surface area (Å²) in [6.45, 7) is 6.62. The lowest BCUT2D eigenvalue weighted by molar-refractivity contribution is 0.236. The van der Waals surface area contributed by atoms with Crippen LogP contribution in [0.5, 0.6) is 0 Å². The van der Waals surface area contributed by atoms with Crippen LogP contribution in [-0.4, -0.2) is 31.2 Å². The van der Waals surface area contributed by atoms with Crippen molar-refractivity contribution in [3.8, 4) is 0 Å². The van der Waals surface area contributed by atoms with E-state index in [4.69, 9.17) is 0 Å². The van der Waals surface area contributed by atoms with E-state index in [0.717, 1.165) is 13.1 Å². The number of rotatable bonds is 2. The van der Waals surface area contributed by atoms with Crippen molar-refractivity contribution in [3.63, 3.8) is 0 Å². The Bertz CT molecular complexity index is 154. The van der Waals surface area contributed by atoms with Gasteiger partial charge in [0.25, 0.3) is 0 Å². The molecule has 1 rings (SSSR count). The van der Waals surface area contributed by atoms with Crippen LogP contribution in [0, 0.1) is 5.92 Å². The maximum absolute atomic E-state index is 12.0. The number of alkyl halides is 1. The third-order valence-electron chi connectivity index (χ3n) is 1.99. The van der Waals surface area contributed by atoms with Gasteiger partial charge < -0.3 is 0 Å². The lowest BCUT2D eigenvalue weighted by Gasteiger charge is -2.28. The minimum atomic E-state index is -0.222. The van der Waals surface area contributed by atoms with Gasteiger partial charge in [-0.3, -0.25) is 4.90 Å². The van der Waals surface area contributed by atoms with E-state index in [1.165, 1.54) is 5.57 Å². The van der Waals surface area contributed by atoms with Crippen LogP contribution in [0.25, 0.3) is 0 Å². The second-order valence-electron chi connectivity index (χ2n) is 3.41. The second-order valence-corrected chi connectivity index (χ2v) is 3.41. The summed E-state index contributed by atoms with van der Waals surface area (Å²) in [5.41, 5.74) is 1.37. The van der Waals surface area contributed by atoms with Crippen LogP contribution >= 0.6 is 0 Å². The molecule has 0 spiro atoms. The van der Waals surface area contributed by atoms with Crippen molar-refractivity contribution in [3.05, 3.63) is 11.6 Å². The van der Waals surface area contributed by atoms with Crippen molar-refractivity contribution in [2.75, 3.05) is 26.3 Å². The highest BCUT2D eigenvalue weighted by Gasteiger charge is 2.13. The molecule has 64 valence electrons. The number of halogens is 1. The first-order chi connectivity index (χ1) is 5.22. The summed E-state index contributed by atoms with van der Waals surface area (Å²) in [5, 5.41) is 0. The van der Waals surface area contributed by atoms with Gasteiger partial charge in [0.15, 0.2) is 0 Å². The highest BCUT2D eigenvalue weighted by molar-refractivity contribution is 5.07. The Hall–Kier alpha value is -0.370. The Morgan fingerprint density at radius 1 is 1.73 bits per heavy atom. The minimum absolute atomic E-state index is 0.222. The van der Waals surface area contributed by atoms with Gasteiger partial charge >= 0.3 is 0 Å². The zero-order valence-corrected chi connectivity index (χ0v) is 7.31. The molecule has 0 aromatic carbocycles. The van der Waals surface area contributed by atoms with Crippen LogP contribution in [0.15, 0.2) is 11.6 Å². The molecule has 0 amide bonds. The molecule has 2 heteroatoms. The molecule has 1 heterocycles. The monoisotopic (exact) mass is 157 g/mol. The number of hydrogen-bond acceptors (Lipinski definition) is 1. The largest absolute Gasteiger partial charge is 0.296 e. The minimum Gasteiger partial charge on any atom is -0.296 e. The topological polar surface area (TPSA) is 3.24 Å². The van der Waals surface area contributed by atoms with Crippen LogP contribution in [0.3, 0.4) is 0 Å². The molecule has 1 aliphatic heterocycles. The van der Waals surface area contributed by atoms with Gasteiger partial charge in [-0.1, -0.05) is 18.6 Å². The molecule has 1 atom stereocenters. The van der Waals surface area contributed by atoms with E-state index in [9.17, 15) is 4.39 Å². The fourth-order valence-electron chi connectivity index (χ4n) is 1.71. The highest BCUT2D eigenvalue weighted by atomic mass is 19.1. The lowest BCUT2D eigenvalue weighted by atomic mass is 10.0. The smallest absolute Gasteiger partial charge is 0.102 e. The van der Waals surface area contributed by atoms with Crippen molar-refractivity contribution in [1.29, 1.82) is 0 Å². The third-order valence-corrected chi connectivity index (χ3v) is 1.99. The summed E-state index contributed by atoms with van der Waals surface area (Å²) in [7, 11) is 0. The first kappa shape index (κ1) is 8.72. The summed E-state index contributed by atoms with van der Waals surface area (Å²) in [5.74, 6) is 0.593. The predicted molar refractivity (Wildman–Crippen MR) is 45.3 cm³/mol. The molecule has 11 heavy (non-hydrogen) atoms. The van der Waals surface area contributed by atoms with Crippen LogP contribution in [0.2, 0.25) is 0 Å². The van der Waals surface area contributed by atoms with Gasteiger partial charge in [0.1, 0.15) is 6.67 Å². The SMILES string of the molecule is CC1=CC(C)CN(CCF)C1. The van der Waals surface area contributed by atoms with Crippen molar-refractivity contribution < 1.29 is 4.39 Å². The standard InChI is InChI=1S/C9H16FN/c1-8-5-9(2)7-11(6-8)4-3-10/h5,8H,3-4,6-7H2,1-2H3. The van der Waals surface area contributed by atoms with Gasteiger partial charge in [0.05, 0.1) is 0 Å². The van der Waals surface area contributed by atoms with Gasteiger partial charge in [-0.2, -0.15) is 0 Å². The van der Waals surface area contributed by atoms with Gasteiger partial charge in [-0.25, -0.2) is 4.39 Å². The van der Waals surface area contributed by atoms with Crippen molar-refractivity contribution in [2.45, 2.75) is 13.8 Å². The summed E-state index contributed by atoms with van der Waals surface area (Å²) in [6.07, 6.45) is 2.27. The zero-order chi connectivity index (χ0) is 8.27. The first-order valence-corrected chi connectivity index (χ1v) is 4.18. The van der Waals surface area contributed by atoms with E-state index in [2.05, 4.69) is 24.8 Å². The van der Waals surface area contributed by atoms with E-state index in [1.54, 1.807) is 0 Å². The van der Waals surface area contributed by atoms with Crippen molar-refractivity contribution in [2.24, 2.45) is 5.92 Å². The highest BCUT2D eigenvalue weighted by Crippen LogP contribution is 2.13. The Balaban J connectivity index is 2.43. The van der Waals surface area contributed by atoms with Crippen LogP contribution in [0.1, 0.15) is 13.8 Å². The average molecular weight is 157 g/mol. The fraction of sp³-hybridized carbons (Fsp3) is 0.778. The van der Waals surface area contributed by atoms with Gasteiger partial charge in [0.2, 0.25) is 0 Å². The third kappa shape index (κ3) is 2.62. The molecule has 0 bridgehead atoms. The zero-order valence-electron chi connectivity index (χ0n) is 7.31. The van der Waals surface area contributed by atoms with E-state index in [-0.39, 0.29) is 6.67 Å². The molecule has 0 aromatic rings. The molecule has 0 aromatic heterocycles. The van der Waals surface area contributed by atoms with Crippen LogP contribution < -0.4 is 0 Å². The quantitative estimate of drug-likeness (QED) is 0.553. The fourth-order valence-corrected chi connectivity index (χ4v) is 1.71. The molecule has 1 aliphatic rings. The molecule has 1 unspecified atom stereocenters. The lowest BCUT2D eigenvalue weighted by Crippen LogP contribution is -2.34. The maximum Gasteiger partial charge on any atom is 0.102 e. The Morgan fingerprint density at radius 2 is 2.45 bits per heavy atom. The van der Waals surface area contributed by atoms with Gasteiger partial charge in [0, 0.05) is 19.6 Å². The molecular formula is C9H16FN. The molecule has 0 radical (unpaired) electrons. The molecule has 0 N–H and O–H groups in total. The second kappa shape index (κ2) is 3.86. The van der Waals surface area contributed by atoms with Crippen LogP contribution in [0.4, 0.5) is 4.39 Å². The Morgan fingerprint density at radius 3 is 3.00 bits per heavy atom. The van der Waals surface area contributed by atoms with Crippen molar-refractivity contribution in [1.82, 2.24) is 4.90 Å². The maximum atomic E-state index is 12.0. The molecule has 0 saturated carbocycles. The Kier molecular flexibility index (Phi) is 3.06. The average Bonchev–Trinajstić information content (AvgIpc) is 1.85. The molecule has 1 nitrogen and oxygen atoms in total. The van der Waals surface area contributed by atoms with E-state index in [1.807, 2.05) is 0 Å². The predicted octanol–water partition coefficient (Wildman–Crippen LogP) is 1.85. The van der Waals surface area contributed by atoms with Gasteiger partial charge in [-0.05, 0) is 12.8 Å². The van der Waals surface area contributed by atoms with E-state index >= 15 is 0 Å². The number of hydrogen-bond donors (Lipinski definition) is 0. The normalized spacial score (nSPS) is 26.8. The summed E-state index contributed by atoms with van der Waals surface area (Å²) < 4.78 is 12.0. The first-order valence-electron chi connectivity index (χ1n) is 4.18. The summed E-state index contributed by atoms with van der Waals surface area (Å²) in [6, 6.07) is 0. The van der Waals surface area contributed by atoms with Crippen molar-refractivity contribution >= 4 is 0 Å². The van der Waals surface area contributed by atoms with E-state index < -0.39 is 0 Å². The molecular weight excluding hydrogens is 141 g/mol. The van der Waals surface area contributed by atoms with Gasteiger partial charge in [-0.15, -0.1) is 0 Å². The molecule has 0 saturated heterocycles. The van der Waals surface area contributed by atoms with Crippen LogP contribution in [-0.2, 0) is 0 Å². The molecule has 0 aliphatic carbocycles. The number of nitrogens with zero attached hydrogens (tertiary/aromatic N) is 1. The summed E-state index contributed by atoms with van der Waals surface area (Å²) >= 11 is 0. The molecule has 0 fully saturated rings. The summed E-state index contributed by atoms with van der Waals surface area (Å²) in [4.78, 5) is 2.17.